The molecule has 1 aliphatic heterocycles. The summed E-state index contributed by atoms with van der Waals surface area (Å²) < 4.78 is 5.48. The van der Waals surface area contributed by atoms with E-state index < -0.39 is 0 Å². The maximum Gasteiger partial charge on any atom is 0.128 e. The summed E-state index contributed by atoms with van der Waals surface area (Å²) in [5.41, 5.74) is 4.65. The smallest absolute Gasteiger partial charge is 0.128 e. The zero-order valence-corrected chi connectivity index (χ0v) is 13.5. The van der Waals surface area contributed by atoms with Crippen LogP contribution in [0.2, 0.25) is 0 Å². The van der Waals surface area contributed by atoms with Gasteiger partial charge in [-0.2, -0.15) is 0 Å². The maximum atomic E-state index is 5.48. The normalized spacial score (nSPS) is 16.4. The highest BCUT2D eigenvalue weighted by molar-refractivity contribution is 8.00. The summed E-state index contributed by atoms with van der Waals surface area (Å²) in [5, 5.41) is 3.99. The van der Waals surface area contributed by atoms with Gasteiger partial charge in [0.15, 0.2) is 0 Å². The minimum absolute atomic E-state index is 0.427. The number of hydrogen-bond acceptors (Lipinski definition) is 4. The molecule has 110 valence electrons. The molecule has 1 aromatic heterocycles. The van der Waals surface area contributed by atoms with Gasteiger partial charge in [0.2, 0.25) is 0 Å². The van der Waals surface area contributed by atoms with Crippen molar-refractivity contribution in [2.24, 2.45) is 0 Å². The molecule has 0 spiro atoms. The van der Waals surface area contributed by atoms with Gasteiger partial charge >= 0.3 is 0 Å². The average Bonchev–Trinajstić information content (AvgIpc) is 2.90. The van der Waals surface area contributed by atoms with Gasteiger partial charge < -0.3 is 10.1 Å². The molecule has 4 heteroatoms. The highest BCUT2D eigenvalue weighted by Crippen LogP contribution is 2.39. The van der Waals surface area contributed by atoms with Crippen LogP contribution in [0.3, 0.4) is 0 Å². The number of thioether (sulfide) groups is 1. The van der Waals surface area contributed by atoms with Crippen LogP contribution in [0, 0.1) is 13.8 Å². The third-order valence-corrected chi connectivity index (χ3v) is 5.11. The van der Waals surface area contributed by atoms with Crippen molar-refractivity contribution in [1.29, 1.82) is 0 Å². The number of para-hydroxylation sites is 1. The largest absolute Gasteiger partial charge is 0.496 e. The second-order valence-corrected chi connectivity index (χ2v) is 6.58. The molecule has 0 saturated carbocycles. The Morgan fingerprint density at radius 1 is 1.29 bits per heavy atom. The predicted octanol–water partition coefficient (Wildman–Crippen LogP) is 4.18. The van der Waals surface area contributed by atoms with Gasteiger partial charge in [0.1, 0.15) is 5.75 Å². The zero-order valence-electron chi connectivity index (χ0n) is 12.6. The van der Waals surface area contributed by atoms with Crippen LogP contribution in [0.5, 0.6) is 5.75 Å². The molecule has 1 N–H and O–H groups in total. The van der Waals surface area contributed by atoms with Crippen molar-refractivity contribution < 1.29 is 4.74 Å². The Balaban J connectivity index is 1.67. The summed E-state index contributed by atoms with van der Waals surface area (Å²) in [4.78, 5) is 5.92. The number of ether oxygens (including phenoxy) is 1. The standard InChI is InChI=1S/C17H20N2OS/c1-11-10-18-13(12(2)17(11)20-3)8-9-16-19-14-6-4-5-7-15(14)21-16/h4-7,10,16,19H,8-9H2,1-3H3. The molecule has 1 atom stereocenters. The van der Waals surface area contributed by atoms with Crippen LogP contribution in [0.4, 0.5) is 5.69 Å². The Morgan fingerprint density at radius 3 is 2.86 bits per heavy atom. The number of rotatable bonds is 4. The Hall–Kier alpha value is -1.68. The summed E-state index contributed by atoms with van der Waals surface area (Å²) in [6.07, 6.45) is 3.92. The number of aromatic nitrogens is 1. The maximum absolute atomic E-state index is 5.48. The summed E-state index contributed by atoms with van der Waals surface area (Å²) >= 11 is 1.90. The van der Waals surface area contributed by atoms with Gasteiger partial charge in [-0.15, -0.1) is 0 Å². The molecule has 0 saturated heterocycles. The van der Waals surface area contributed by atoms with Gasteiger partial charge in [-0.05, 0) is 38.8 Å². The summed E-state index contributed by atoms with van der Waals surface area (Å²) in [5.74, 6) is 0.968. The van der Waals surface area contributed by atoms with Crippen LogP contribution in [0.1, 0.15) is 23.2 Å². The highest BCUT2D eigenvalue weighted by atomic mass is 32.2. The molecule has 2 heterocycles. The number of fused-ring (bicyclic) bond motifs is 1. The molecule has 1 unspecified atom stereocenters. The minimum atomic E-state index is 0.427. The number of hydrogen-bond donors (Lipinski definition) is 1. The molecule has 1 aromatic carbocycles. The van der Waals surface area contributed by atoms with E-state index in [4.69, 9.17) is 4.74 Å². The van der Waals surface area contributed by atoms with E-state index in [0.717, 1.165) is 35.4 Å². The quantitative estimate of drug-likeness (QED) is 0.918. The van der Waals surface area contributed by atoms with E-state index in [0.29, 0.717) is 5.37 Å². The van der Waals surface area contributed by atoms with Gasteiger partial charge in [-0.1, -0.05) is 23.9 Å². The molecule has 0 aliphatic carbocycles. The molecule has 3 nitrogen and oxygen atoms in total. The Kier molecular flexibility index (Phi) is 4.06. The monoisotopic (exact) mass is 300 g/mol. The van der Waals surface area contributed by atoms with Crippen molar-refractivity contribution >= 4 is 17.4 Å². The van der Waals surface area contributed by atoms with Crippen LogP contribution < -0.4 is 10.1 Å². The third-order valence-electron chi connectivity index (χ3n) is 3.87. The van der Waals surface area contributed by atoms with Crippen molar-refractivity contribution in [1.82, 2.24) is 4.98 Å². The molecule has 21 heavy (non-hydrogen) atoms. The van der Waals surface area contributed by atoms with Crippen molar-refractivity contribution in [3.8, 4) is 5.75 Å². The summed E-state index contributed by atoms with van der Waals surface area (Å²) in [6.45, 7) is 4.13. The van der Waals surface area contributed by atoms with Gasteiger partial charge in [-0.3, -0.25) is 4.98 Å². The molecule has 0 amide bonds. The van der Waals surface area contributed by atoms with Gasteiger partial charge in [0.25, 0.3) is 0 Å². The minimum Gasteiger partial charge on any atom is -0.496 e. The van der Waals surface area contributed by atoms with Crippen molar-refractivity contribution in [2.75, 3.05) is 12.4 Å². The first-order valence-electron chi connectivity index (χ1n) is 7.20. The highest BCUT2D eigenvalue weighted by Gasteiger charge is 2.21. The van der Waals surface area contributed by atoms with Crippen molar-refractivity contribution in [3.63, 3.8) is 0 Å². The first-order chi connectivity index (χ1) is 10.2. The number of nitrogens with zero attached hydrogens (tertiary/aromatic N) is 1. The van der Waals surface area contributed by atoms with E-state index in [2.05, 4.69) is 41.5 Å². The first-order valence-corrected chi connectivity index (χ1v) is 8.08. The fourth-order valence-electron chi connectivity index (χ4n) is 2.77. The number of anilines is 1. The van der Waals surface area contributed by atoms with Crippen molar-refractivity contribution in [3.05, 3.63) is 47.3 Å². The van der Waals surface area contributed by atoms with E-state index in [1.54, 1.807) is 7.11 Å². The predicted molar refractivity (Wildman–Crippen MR) is 88.3 cm³/mol. The Labute approximate surface area is 130 Å². The number of aryl methyl sites for hydroxylation is 2. The second kappa shape index (κ2) is 5.98. The van der Waals surface area contributed by atoms with E-state index in [1.165, 1.54) is 10.6 Å². The lowest BCUT2D eigenvalue weighted by atomic mass is 10.1. The first kappa shape index (κ1) is 14.3. The van der Waals surface area contributed by atoms with Crippen LogP contribution in [-0.4, -0.2) is 17.5 Å². The number of methoxy groups -OCH3 is 1. The van der Waals surface area contributed by atoms with Gasteiger partial charge in [0, 0.05) is 33.6 Å². The molecular weight excluding hydrogens is 280 g/mol. The van der Waals surface area contributed by atoms with Crippen LogP contribution >= 0.6 is 11.8 Å². The molecule has 3 rings (SSSR count). The number of nitrogens with one attached hydrogen (secondary N) is 1. The lowest BCUT2D eigenvalue weighted by Gasteiger charge is -2.14. The fraction of sp³-hybridized carbons (Fsp3) is 0.353. The lowest BCUT2D eigenvalue weighted by molar-refractivity contribution is 0.406. The van der Waals surface area contributed by atoms with E-state index in [9.17, 15) is 0 Å². The van der Waals surface area contributed by atoms with Crippen molar-refractivity contribution in [2.45, 2.75) is 37.0 Å². The Morgan fingerprint density at radius 2 is 2.10 bits per heavy atom. The number of benzene rings is 1. The second-order valence-electron chi connectivity index (χ2n) is 5.33. The number of pyridine rings is 1. The van der Waals surface area contributed by atoms with Crippen LogP contribution in [0.15, 0.2) is 35.4 Å². The lowest BCUT2D eigenvalue weighted by Crippen LogP contribution is -2.12. The van der Waals surface area contributed by atoms with Gasteiger partial charge in [0.05, 0.1) is 12.5 Å². The molecule has 0 radical (unpaired) electrons. The topological polar surface area (TPSA) is 34.1 Å². The van der Waals surface area contributed by atoms with Gasteiger partial charge in [-0.25, -0.2) is 0 Å². The summed E-state index contributed by atoms with van der Waals surface area (Å²) in [7, 11) is 1.73. The van der Waals surface area contributed by atoms with Crippen LogP contribution in [0.25, 0.3) is 0 Å². The third kappa shape index (κ3) is 2.86. The fourth-order valence-corrected chi connectivity index (χ4v) is 3.91. The summed E-state index contributed by atoms with van der Waals surface area (Å²) in [6, 6.07) is 8.48. The molecule has 1 aliphatic rings. The zero-order chi connectivity index (χ0) is 14.8. The molecular formula is C17H20N2OS. The SMILES string of the molecule is COc1c(C)cnc(CCC2Nc3ccccc3S2)c1C. The molecule has 0 bridgehead atoms. The Bertz CT molecular complexity index is 632. The van der Waals surface area contributed by atoms with E-state index in [1.807, 2.05) is 24.9 Å². The molecule has 0 fully saturated rings. The average molecular weight is 300 g/mol. The van der Waals surface area contributed by atoms with E-state index >= 15 is 0 Å². The molecule has 2 aromatic rings. The van der Waals surface area contributed by atoms with Crippen LogP contribution in [-0.2, 0) is 6.42 Å². The van der Waals surface area contributed by atoms with E-state index in [-0.39, 0.29) is 0 Å².